The van der Waals surface area contributed by atoms with Crippen molar-refractivity contribution in [3.63, 3.8) is 0 Å². The average molecular weight is 413 g/mol. The van der Waals surface area contributed by atoms with Crippen molar-refractivity contribution in [1.82, 2.24) is 9.97 Å². The Morgan fingerprint density at radius 3 is 2.43 bits per heavy atom. The first kappa shape index (κ1) is 17.8. The second-order valence-corrected chi connectivity index (χ2v) is 6.94. The molecular weight excluding hydrogens is 403 g/mol. The Hall–Kier alpha value is -1.59. The van der Waals surface area contributed by atoms with E-state index in [1.54, 1.807) is 6.07 Å². The molecule has 6 nitrogen and oxygen atoms in total. The molecule has 124 valence electrons. The molecule has 0 aliphatic carbocycles. The summed E-state index contributed by atoms with van der Waals surface area (Å²) >= 11 is 3.24. The minimum atomic E-state index is -4.56. The van der Waals surface area contributed by atoms with E-state index in [2.05, 4.69) is 25.9 Å². The fraction of sp³-hybridized carbons (Fsp3) is 0.250. The molecule has 0 atom stereocenters. The van der Waals surface area contributed by atoms with Gasteiger partial charge in [-0.15, -0.1) is 0 Å². The number of halogens is 4. The molecule has 2 aromatic rings. The van der Waals surface area contributed by atoms with E-state index in [-0.39, 0.29) is 12.2 Å². The van der Waals surface area contributed by atoms with E-state index in [4.69, 9.17) is 4.55 Å². The first-order chi connectivity index (χ1) is 10.6. The minimum absolute atomic E-state index is 0.0242. The lowest BCUT2D eigenvalue weighted by Gasteiger charge is -2.06. The van der Waals surface area contributed by atoms with Gasteiger partial charge in [-0.05, 0) is 15.9 Å². The van der Waals surface area contributed by atoms with Gasteiger partial charge in [-0.2, -0.15) is 21.6 Å². The van der Waals surface area contributed by atoms with Crippen LogP contribution in [0.1, 0.15) is 5.69 Å². The molecule has 0 aliphatic rings. The Labute approximate surface area is 137 Å². The minimum Gasteiger partial charge on any atom is -0.285 e. The molecule has 2 heterocycles. The molecule has 11 heteroatoms. The summed E-state index contributed by atoms with van der Waals surface area (Å²) in [5.41, 5.74) is -0.363. The highest BCUT2D eigenvalue weighted by molar-refractivity contribution is 9.10. The molecule has 0 unspecified atom stereocenters. The molecular formula is C12H10BrF3N3O3S+. The molecule has 0 spiro atoms. The summed E-state index contributed by atoms with van der Waals surface area (Å²) in [5, 5.41) is 0. The molecule has 0 saturated heterocycles. The lowest BCUT2D eigenvalue weighted by molar-refractivity contribution is -0.693. The Morgan fingerprint density at radius 1 is 1.26 bits per heavy atom. The molecule has 0 bridgehead atoms. The summed E-state index contributed by atoms with van der Waals surface area (Å²) < 4.78 is 69.5. The van der Waals surface area contributed by atoms with E-state index < -0.39 is 27.7 Å². The van der Waals surface area contributed by atoms with Crippen LogP contribution in [-0.4, -0.2) is 28.7 Å². The third-order valence-corrected chi connectivity index (χ3v) is 4.13. The molecule has 1 N–H and O–H groups in total. The molecule has 2 rings (SSSR count). The van der Waals surface area contributed by atoms with Crippen molar-refractivity contribution in [2.45, 2.75) is 12.7 Å². The van der Waals surface area contributed by atoms with Crippen molar-refractivity contribution in [3.05, 3.63) is 41.0 Å². The molecule has 0 fully saturated rings. The molecule has 0 aliphatic heterocycles. The summed E-state index contributed by atoms with van der Waals surface area (Å²) in [7, 11) is -4.08. The van der Waals surface area contributed by atoms with Crippen molar-refractivity contribution >= 4 is 26.0 Å². The normalized spacial score (nSPS) is 12.4. The van der Waals surface area contributed by atoms with Crippen LogP contribution >= 0.6 is 15.9 Å². The summed E-state index contributed by atoms with van der Waals surface area (Å²) in [6.07, 6.45) is 0.134. The molecule has 2 aromatic heterocycles. The summed E-state index contributed by atoms with van der Waals surface area (Å²) in [5.74, 6) is -0.455. The van der Waals surface area contributed by atoms with Gasteiger partial charge < -0.3 is 0 Å². The maximum absolute atomic E-state index is 12.5. The van der Waals surface area contributed by atoms with Crippen LogP contribution in [0.5, 0.6) is 0 Å². The number of rotatable bonds is 4. The van der Waals surface area contributed by atoms with Crippen LogP contribution in [-0.2, 0) is 22.8 Å². The van der Waals surface area contributed by atoms with Crippen molar-refractivity contribution in [1.29, 1.82) is 0 Å². The molecule has 0 radical (unpaired) electrons. The van der Waals surface area contributed by atoms with Crippen LogP contribution in [0.15, 0.2) is 35.3 Å². The Balaban J connectivity index is 2.24. The molecule has 23 heavy (non-hydrogen) atoms. The van der Waals surface area contributed by atoms with Gasteiger partial charge >= 0.3 is 6.18 Å². The van der Waals surface area contributed by atoms with Crippen LogP contribution in [0.3, 0.4) is 0 Å². The van der Waals surface area contributed by atoms with Crippen molar-refractivity contribution in [2.75, 3.05) is 5.75 Å². The summed E-state index contributed by atoms with van der Waals surface area (Å²) in [6.45, 7) is 0.0242. The van der Waals surface area contributed by atoms with Crippen LogP contribution in [0.4, 0.5) is 13.2 Å². The Bertz CT molecular complexity index is 811. The SMILES string of the molecule is O=S(=O)(O)CC[n+]1ccc(-c2cnc(C(F)(F)F)cn2)c(Br)c1. The molecule has 0 amide bonds. The zero-order valence-electron chi connectivity index (χ0n) is 11.3. The predicted molar refractivity (Wildman–Crippen MR) is 76.8 cm³/mol. The Morgan fingerprint density at radius 2 is 1.96 bits per heavy atom. The highest BCUT2D eigenvalue weighted by Crippen LogP contribution is 2.29. The van der Waals surface area contributed by atoms with E-state index in [1.807, 2.05) is 0 Å². The van der Waals surface area contributed by atoms with E-state index >= 15 is 0 Å². The predicted octanol–water partition coefficient (Wildman–Crippen LogP) is 2.10. The average Bonchev–Trinajstić information content (AvgIpc) is 2.44. The first-order valence-corrected chi connectivity index (χ1v) is 8.50. The third-order valence-electron chi connectivity index (χ3n) is 2.79. The fourth-order valence-electron chi connectivity index (χ4n) is 1.69. The number of aryl methyl sites for hydroxylation is 1. The van der Waals surface area contributed by atoms with Gasteiger partial charge in [0.05, 0.1) is 22.6 Å². The highest BCUT2D eigenvalue weighted by Gasteiger charge is 2.32. The van der Waals surface area contributed by atoms with Gasteiger partial charge in [0.25, 0.3) is 10.1 Å². The molecule has 0 aromatic carbocycles. The largest absolute Gasteiger partial charge is 0.434 e. The van der Waals surface area contributed by atoms with Crippen LogP contribution in [0.2, 0.25) is 0 Å². The number of hydrogen-bond donors (Lipinski definition) is 1. The monoisotopic (exact) mass is 412 g/mol. The Kier molecular flexibility index (Phi) is 5.01. The van der Waals surface area contributed by atoms with Gasteiger partial charge in [-0.25, -0.2) is 9.55 Å². The number of hydrogen-bond acceptors (Lipinski definition) is 4. The first-order valence-electron chi connectivity index (χ1n) is 6.09. The second kappa shape index (κ2) is 6.49. The fourth-order valence-corrected chi connectivity index (χ4v) is 2.73. The number of nitrogens with zero attached hydrogens (tertiary/aromatic N) is 3. The van der Waals surface area contributed by atoms with Gasteiger partial charge in [-0.3, -0.25) is 9.54 Å². The quantitative estimate of drug-likeness (QED) is 0.613. The van der Waals surface area contributed by atoms with Crippen LogP contribution in [0.25, 0.3) is 11.3 Å². The second-order valence-electron chi connectivity index (χ2n) is 4.51. The number of alkyl halides is 3. The van der Waals surface area contributed by atoms with Gasteiger partial charge in [-0.1, -0.05) is 0 Å². The summed E-state index contributed by atoms with van der Waals surface area (Å²) in [4.78, 5) is 7.06. The van der Waals surface area contributed by atoms with Gasteiger partial charge in [0.15, 0.2) is 24.6 Å². The maximum Gasteiger partial charge on any atom is 0.434 e. The van der Waals surface area contributed by atoms with E-state index in [0.29, 0.717) is 16.2 Å². The van der Waals surface area contributed by atoms with Crippen molar-refractivity contribution in [3.8, 4) is 11.3 Å². The van der Waals surface area contributed by atoms with Crippen LogP contribution in [0, 0.1) is 0 Å². The molecule has 0 saturated carbocycles. The lowest BCUT2D eigenvalue weighted by atomic mass is 10.2. The maximum atomic E-state index is 12.5. The van der Waals surface area contributed by atoms with E-state index in [1.165, 1.54) is 17.0 Å². The van der Waals surface area contributed by atoms with Gasteiger partial charge in [0.2, 0.25) is 0 Å². The van der Waals surface area contributed by atoms with E-state index in [0.717, 1.165) is 6.20 Å². The smallest absolute Gasteiger partial charge is 0.285 e. The lowest BCUT2D eigenvalue weighted by Crippen LogP contribution is -2.36. The standard InChI is InChI=1S/C12H9BrF3N3O3S/c13-9-7-19(3-4-23(20,21)22)2-1-8(9)10-5-18-11(6-17-10)12(14,15)16/h1-2,5-7H,3-4H2/p+1. The number of pyridine rings is 1. The highest BCUT2D eigenvalue weighted by atomic mass is 79.9. The topological polar surface area (TPSA) is 84.0 Å². The zero-order valence-corrected chi connectivity index (χ0v) is 13.7. The van der Waals surface area contributed by atoms with Gasteiger partial charge in [0, 0.05) is 11.6 Å². The number of aromatic nitrogens is 3. The van der Waals surface area contributed by atoms with Crippen molar-refractivity contribution in [2.24, 2.45) is 0 Å². The zero-order chi connectivity index (χ0) is 17.3. The van der Waals surface area contributed by atoms with Gasteiger partial charge in [0.1, 0.15) is 5.75 Å². The van der Waals surface area contributed by atoms with Crippen LogP contribution < -0.4 is 4.57 Å². The third kappa shape index (κ3) is 4.94. The van der Waals surface area contributed by atoms with Crippen molar-refractivity contribution < 1.29 is 30.7 Å². The van der Waals surface area contributed by atoms with E-state index in [9.17, 15) is 21.6 Å². The summed E-state index contributed by atoms with van der Waals surface area (Å²) in [6, 6.07) is 1.55.